The summed E-state index contributed by atoms with van der Waals surface area (Å²) >= 11 is 0. The van der Waals surface area contributed by atoms with Crippen LogP contribution in [0.2, 0.25) is 0 Å². The number of benzene rings is 1. The van der Waals surface area contributed by atoms with Crippen molar-refractivity contribution in [2.45, 2.75) is 19.8 Å². The molecule has 3 N–H and O–H groups in total. The highest BCUT2D eigenvalue weighted by atomic mass is 15.2. The van der Waals surface area contributed by atoms with Crippen LogP contribution in [-0.4, -0.2) is 27.2 Å². The fourth-order valence-corrected chi connectivity index (χ4v) is 2.13. The smallest absolute Gasteiger partial charge is 0.226 e. The van der Waals surface area contributed by atoms with Gasteiger partial charge in [-0.15, -0.1) is 0 Å². The lowest BCUT2D eigenvalue weighted by Crippen LogP contribution is -2.01. The van der Waals surface area contributed by atoms with Crippen LogP contribution in [0.25, 0.3) is 11.0 Å². The number of anilines is 3. The SMILES string of the molecule is CNc1nc(Nc2ccc(C(C)C)cc2)c2cn[nH]c2n1. The van der Waals surface area contributed by atoms with Crippen LogP contribution in [-0.2, 0) is 0 Å². The predicted molar refractivity (Wildman–Crippen MR) is 85.0 cm³/mol. The molecular formula is C15H18N6. The second-order valence-electron chi connectivity index (χ2n) is 5.18. The number of aromatic nitrogens is 4. The summed E-state index contributed by atoms with van der Waals surface area (Å²) in [5.41, 5.74) is 3.01. The molecule has 3 aromatic rings. The van der Waals surface area contributed by atoms with Crippen LogP contribution in [0.1, 0.15) is 25.3 Å². The number of rotatable bonds is 4. The van der Waals surface area contributed by atoms with E-state index in [1.54, 1.807) is 13.2 Å². The van der Waals surface area contributed by atoms with Gasteiger partial charge in [-0.25, -0.2) is 0 Å². The summed E-state index contributed by atoms with van der Waals surface area (Å²) in [6, 6.07) is 8.37. The Hall–Kier alpha value is -2.63. The van der Waals surface area contributed by atoms with E-state index in [2.05, 4.69) is 68.9 Å². The van der Waals surface area contributed by atoms with Gasteiger partial charge in [0, 0.05) is 12.7 Å². The Kier molecular flexibility index (Phi) is 3.43. The van der Waals surface area contributed by atoms with E-state index in [0.717, 1.165) is 16.9 Å². The molecule has 3 rings (SSSR count). The zero-order valence-electron chi connectivity index (χ0n) is 12.3. The molecule has 0 fully saturated rings. The van der Waals surface area contributed by atoms with Crippen molar-refractivity contribution in [1.82, 2.24) is 20.2 Å². The monoisotopic (exact) mass is 282 g/mol. The number of fused-ring (bicyclic) bond motifs is 1. The highest BCUT2D eigenvalue weighted by Crippen LogP contribution is 2.25. The Morgan fingerprint density at radius 2 is 1.86 bits per heavy atom. The zero-order chi connectivity index (χ0) is 14.8. The van der Waals surface area contributed by atoms with Gasteiger partial charge in [-0.05, 0) is 23.6 Å². The second-order valence-corrected chi connectivity index (χ2v) is 5.18. The Bertz CT molecular complexity index is 744. The summed E-state index contributed by atoms with van der Waals surface area (Å²) in [6.07, 6.45) is 1.72. The van der Waals surface area contributed by atoms with Crippen LogP contribution in [0.3, 0.4) is 0 Å². The summed E-state index contributed by atoms with van der Waals surface area (Å²) in [5, 5.41) is 14.0. The molecule has 0 saturated carbocycles. The van der Waals surface area contributed by atoms with E-state index in [4.69, 9.17) is 0 Å². The minimum Gasteiger partial charge on any atom is -0.357 e. The van der Waals surface area contributed by atoms with E-state index in [9.17, 15) is 0 Å². The average molecular weight is 282 g/mol. The zero-order valence-corrected chi connectivity index (χ0v) is 12.3. The van der Waals surface area contributed by atoms with Crippen LogP contribution >= 0.6 is 0 Å². The topological polar surface area (TPSA) is 78.5 Å². The third-order valence-corrected chi connectivity index (χ3v) is 3.37. The normalized spacial score (nSPS) is 11.0. The highest BCUT2D eigenvalue weighted by molar-refractivity contribution is 5.89. The van der Waals surface area contributed by atoms with Crippen molar-refractivity contribution in [3.8, 4) is 0 Å². The van der Waals surface area contributed by atoms with Crippen molar-refractivity contribution < 1.29 is 0 Å². The van der Waals surface area contributed by atoms with Gasteiger partial charge < -0.3 is 10.6 Å². The van der Waals surface area contributed by atoms with Crippen molar-refractivity contribution in [3.63, 3.8) is 0 Å². The van der Waals surface area contributed by atoms with Crippen molar-refractivity contribution in [2.75, 3.05) is 17.7 Å². The van der Waals surface area contributed by atoms with Crippen LogP contribution < -0.4 is 10.6 Å². The maximum Gasteiger partial charge on any atom is 0.226 e. The van der Waals surface area contributed by atoms with Gasteiger partial charge in [-0.3, -0.25) is 5.10 Å². The van der Waals surface area contributed by atoms with E-state index < -0.39 is 0 Å². The Labute approximate surface area is 123 Å². The van der Waals surface area contributed by atoms with Crippen LogP contribution in [0.5, 0.6) is 0 Å². The van der Waals surface area contributed by atoms with Gasteiger partial charge in [0.2, 0.25) is 5.95 Å². The molecule has 6 heteroatoms. The van der Waals surface area contributed by atoms with Gasteiger partial charge in [0.15, 0.2) is 5.65 Å². The molecule has 0 aliphatic carbocycles. The molecule has 0 amide bonds. The number of H-pyrrole nitrogens is 1. The summed E-state index contributed by atoms with van der Waals surface area (Å²) in [6.45, 7) is 4.36. The lowest BCUT2D eigenvalue weighted by atomic mass is 10.0. The van der Waals surface area contributed by atoms with E-state index in [1.807, 2.05) is 0 Å². The summed E-state index contributed by atoms with van der Waals surface area (Å²) in [5.74, 6) is 1.80. The van der Waals surface area contributed by atoms with Crippen LogP contribution in [0.4, 0.5) is 17.5 Å². The molecule has 0 bridgehead atoms. The summed E-state index contributed by atoms with van der Waals surface area (Å²) in [4.78, 5) is 8.76. The molecule has 0 aliphatic rings. The van der Waals surface area contributed by atoms with Gasteiger partial charge >= 0.3 is 0 Å². The van der Waals surface area contributed by atoms with Crippen molar-refractivity contribution >= 4 is 28.5 Å². The Morgan fingerprint density at radius 1 is 1.10 bits per heavy atom. The van der Waals surface area contributed by atoms with Crippen molar-refractivity contribution in [1.29, 1.82) is 0 Å². The molecule has 1 aromatic carbocycles. The first-order chi connectivity index (χ1) is 10.2. The lowest BCUT2D eigenvalue weighted by molar-refractivity contribution is 0.867. The second kappa shape index (κ2) is 5.40. The van der Waals surface area contributed by atoms with Crippen molar-refractivity contribution in [2.24, 2.45) is 0 Å². The number of hydrogen-bond acceptors (Lipinski definition) is 5. The molecule has 0 aliphatic heterocycles. The fourth-order valence-electron chi connectivity index (χ4n) is 2.13. The average Bonchev–Trinajstić information content (AvgIpc) is 2.96. The third-order valence-electron chi connectivity index (χ3n) is 3.37. The highest BCUT2D eigenvalue weighted by Gasteiger charge is 2.09. The van der Waals surface area contributed by atoms with E-state index >= 15 is 0 Å². The predicted octanol–water partition coefficient (Wildman–Crippen LogP) is 3.26. The molecule has 0 saturated heterocycles. The third kappa shape index (κ3) is 2.65. The molecular weight excluding hydrogens is 264 g/mol. The van der Waals surface area contributed by atoms with E-state index in [-0.39, 0.29) is 0 Å². The molecule has 21 heavy (non-hydrogen) atoms. The van der Waals surface area contributed by atoms with Crippen LogP contribution in [0, 0.1) is 0 Å². The molecule has 0 spiro atoms. The molecule has 2 aromatic heterocycles. The van der Waals surface area contributed by atoms with Gasteiger partial charge in [-0.1, -0.05) is 26.0 Å². The molecule has 6 nitrogen and oxygen atoms in total. The van der Waals surface area contributed by atoms with Crippen LogP contribution in [0.15, 0.2) is 30.5 Å². The standard InChI is InChI=1S/C15H18N6/c1-9(2)10-4-6-11(7-5-10)18-13-12-8-17-21-14(12)20-15(16-3)19-13/h4-9H,1-3H3,(H3,16,17,18,19,20,21). The van der Waals surface area contributed by atoms with Crippen molar-refractivity contribution in [3.05, 3.63) is 36.0 Å². The number of nitrogens with zero attached hydrogens (tertiary/aromatic N) is 3. The molecule has 108 valence electrons. The van der Waals surface area contributed by atoms with Gasteiger partial charge in [0.1, 0.15) is 5.82 Å². The first-order valence-corrected chi connectivity index (χ1v) is 6.93. The molecule has 2 heterocycles. The first kappa shape index (κ1) is 13.4. The number of aromatic amines is 1. The Morgan fingerprint density at radius 3 is 2.52 bits per heavy atom. The lowest BCUT2D eigenvalue weighted by Gasteiger charge is -2.10. The largest absolute Gasteiger partial charge is 0.357 e. The minimum absolute atomic E-state index is 0.523. The summed E-state index contributed by atoms with van der Waals surface area (Å²) in [7, 11) is 1.79. The fraction of sp³-hybridized carbons (Fsp3) is 0.267. The Balaban J connectivity index is 1.95. The van der Waals surface area contributed by atoms with E-state index in [0.29, 0.717) is 17.5 Å². The number of hydrogen-bond donors (Lipinski definition) is 3. The number of nitrogens with one attached hydrogen (secondary N) is 3. The van der Waals surface area contributed by atoms with Gasteiger partial charge in [0.25, 0.3) is 0 Å². The minimum atomic E-state index is 0.523. The summed E-state index contributed by atoms with van der Waals surface area (Å²) < 4.78 is 0. The molecule has 0 radical (unpaired) electrons. The maximum absolute atomic E-state index is 4.45. The van der Waals surface area contributed by atoms with Gasteiger partial charge in [0.05, 0.1) is 11.6 Å². The first-order valence-electron chi connectivity index (χ1n) is 6.93. The van der Waals surface area contributed by atoms with E-state index in [1.165, 1.54) is 5.56 Å². The molecule has 0 atom stereocenters. The molecule has 0 unspecified atom stereocenters. The maximum atomic E-state index is 4.45. The quantitative estimate of drug-likeness (QED) is 0.684. The van der Waals surface area contributed by atoms with Gasteiger partial charge in [-0.2, -0.15) is 15.1 Å².